The Morgan fingerprint density at radius 3 is 2.53 bits per heavy atom. The monoisotopic (exact) mass is 551 g/mol. The predicted octanol–water partition coefficient (Wildman–Crippen LogP) is 3.93. The van der Waals surface area contributed by atoms with Crippen LogP contribution in [-0.4, -0.2) is 62.3 Å². The van der Waals surface area contributed by atoms with Crippen LogP contribution in [0.15, 0.2) is 47.6 Å². The summed E-state index contributed by atoms with van der Waals surface area (Å²) < 4.78 is 11.7. The lowest BCUT2D eigenvalue weighted by Gasteiger charge is -2.37. The Labute approximate surface area is 208 Å². The Balaban J connectivity index is 0.00000289. The second kappa shape index (κ2) is 12.1. The molecule has 1 aliphatic heterocycles. The van der Waals surface area contributed by atoms with Crippen LogP contribution in [0.2, 0.25) is 0 Å². The standard InChI is InChI=1S/C24H33N5O2.HI/c1-25-24(29-15-13-28(14-16-29)23-9-5-6-12-26-23)27-18-19-10-11-21(22(17-19)30-2)31-20-7-3-4-8-20;/h5-6,9-12,17,20H,3-4,7-8,13-16,18H2,1-2H3,(H,25,27);1H. The van der Waals surface area contributed by atoms with Crippen molar-refractivity contribution in [3.05, 3.63) is 48.2 Å². The van der Waals surface area contributed by atoms with Crippen LogP contribution in [0.1, 0.15) is 31.2 Å². The highest BCUT2D eigenvalue weighted by Crippen LogP contribution is 2.32. The number of pyridine rings is 1. The normalized spacial score (nSPS) is 17.1. The Bertz CT molecular complexity index is 866. The molecular weight excluding hydrogens is 517 g/mol. The molecular formula is C24H34IN5O2. The van der Waals surface area contributed by atoms with Gasteiger partial charge in [0.2, 0.25) is 0 Å². The number of hydrogen-bond acceptors (Lipinski definition) is 5. The highest BCUT2D eigenvalue weighted by molar-refractivity contribution is 14.0. The first-order valence-corrected chi connectivity index (χ1v) is 11.2. The van der Waals surface area contributed by atoms with Crippen molar-refractivity contribution in [3.63, 3.8) is 0 Å². The second-order valence-electron chi connectivity index (χ2n) is 8.07. The summed E-state index contributed by atoms with van der Waals surface area (Å²) in [4.78, 5) is 13.6. The Hall–Kier alpha value is -2.23. The van der Waals surface area contributed by atoms with Gasteiger partial charge in [-0.1, -0.05) is 12.1 Å². The third-order valence-corrected chi connectivity index (χ3v) is 6.04. The van der Waals surface area contributed by atoms with E-state index in [9.17, 15) is 0 Å². The van der Waals surface area contributed by atoms with Crippen LogP contribution in [0.4, 0.5) is 5.82 Å². The zero-order chi connectivity index (χ0) is 21.5. The minimum Gasteiger partial charge on any atom is -0.493 e. The summed E-state index contributed by atoms with van der Waals surface area (Å²) in [6.45, 7) is 4.37. The third kappa shape index (κ3) is 6.17. The summed E-state index contributed by atoms with van der Waals surface area (Å²) in [5, 5.41) is 3.50. The molecule has 0 spiro atoms. The number of hydrogen-bond donors (Lipinski definition) is 1. The van der Waals surface area contributed by atoms with Gasteiger partial charge in [0, 0.05) is 46.0 Å². The molecule has 4 rings (SSSR count). The number of nitrogens with zero attached hydrogens (tertiary/aromatic N) is 4. The summed E-state index contributed by atoms with van der Waals surface area (Å²) in [6, 6.07) is 12.2. The Morgan fingerprint density at radius 2 is 1.88 bits per heavy atom. The average molecular weight is 551 g/mol. The first-order valence-electron chi connectivity index (χ1n) is 11.2. The number of rotatable bonds is 6. The van der Waals surface area contributed by atoms with Crippen LogP contribution in [-0.2, 0) is 6.54 Å². The van der Waals surface area contributed by atoms with Crippen molar-refractivity contribution in [3.8, 4) is 11.5 Å². The van der Waals surface area contributed by atoms with E-state index in [1.165, 1.54) is 12.8 Å². The molecule has 1 saturated carbocycles. The number of benzene rings is 1. The molecule has 174 valence electrons. The highest BCUT2D eigenvalue weighted by atomic mass is 127. The molecule has 0 bridgehead atoms. The van der Waals surface area contributed by atoms with Gasteiger partial charge in [-0.2, -0.15) is 0 Å². The van der Waals surface area contributed by atoms with Gasteiger partial charge in [0.25, 0.3) is 0 Å². The number of methoxy groups -OCH3 is 1. The molecule has 0 radical (unpaired) electrons. The van der Waals surface area contributed by atoms with E-state index in [4.69, 9.17) is 9.47 Å². The topological polar surface area (TPSA) is 62.2 Å². The quantitative estimate of drug-likeness (QED) is 0.334. The van der Waals surface area contributed by atoms with E-state index in [0.29, 0.717) is 12.6 Å². The predicted molar refractivity (Wildman–Crippen MR) is 140 cm³/mol. The van der Waals surface area contributed by atoms with Gasteiger partial charge in [0.05, 0.1) is 13.2 Å². The molecule has 1 aromatic carbocycles. The van der Waals surface area contributed by atoms with E-state index in [-0.39, 0.29) is 24.0 Å². The maximum absolute atomic E-state index is 6.15. The summed E-state index contributed by atoms with van der Waals surface area (Å²) in [5.41, 5.74) is 1.14. The smallest absolute Gasteiger partial charge is 0.194 e. The zero-order valence-corrected chi connectivity index (χ0v) is 21.3. The summed E-state index contributed by atoms with van der Waals surface area (Å²) in [7, 11) is 3.54. The average Bonchev–Trinajstić information content (AvgIpc) is 3.34. The molecule has 0 atom stereocenters. The molecule has 1 saturated heterocycles. The van der Waals surface area contributed by atoms with Crippen molar-refractivity contribution in [1.82, 2.24) is 15.2 Å². The molecule has 0 amide bonds. The number of aromatic nitrogens is 1. The number of guanidine groups is 1. The van der Waals surface area contributed by atoms with Crippen molar-refractivity contribution >= 4 is 35.8 Å². The lowest BCUT2D eigenvalue weighted by atomic mass is 10.2. The third-order valence-electron chi connectivity index (χ3n) is 6.04. The fraction of sp³-hybridized carbons (Fsp3) is 0.500. The number of piperazine rings is 1. The van der Waals surface area contributed by atoms with Crippen molar-refractivity contribution in [2.75, 3.05) is 45.2 Å². The molecule has 1 aromatic heterocycles. The molecule has 2 heterocycles. The van der Waals surface area contributed by atoms with Gasteiger partial charge in [-0.05, 0) is 55.5 Å². The van der Waals surface area contributed by atoms with Gasteiger partial charge < -0.3 is 24.6 Å². The van der Waals surface area contributed by atoms with Gasteiger partial charge in [-0.15, -0.1) is 24.0 Å². The molecule has 32 heavy (non-hydrogen) atoms. The van der Waals surface area contributed by atoms with E-state index in [2.05, 4.69) is 43.3 Å². The SMILES string of the molecule is CN=C(NCc1ccc(OC2CCCC2)c(OC)c1)N1CCN(c2ccccn2)CC1.I. The van der Waals surface area contributed by atoms with Crippen LogP contribution >= 0.6 is 24.0 Å². The van der Waals surface area contributed by atoms with Gasteiger partial charge in [0.15, 0.2) is 17.5 Å². The number of nitrogens with one attached hydrogen (secondary N) is 1. The Kier molecular flexibility index (Phi) is 9.25. The fourth-order valence-electron chi connectivity index (χ4n) is 4.31. The maximum atomic E-state index is 6.15. The molecule has 2 aromatic rings. The minimum atomic E-state index is 0. The van der Waals surface area contributed by atoms with Crippen LogP contribution in [0.3, 0.4) is 0 Å². The molecule has 8 heteroatoms. The van der Waals surface area contributed by atoms with Crippen molar-refractivity contribution < 1.29 is 9.47 Å². The van der Waals surface area contributed by atoms with Crippen molar-refractivity contribution in [2.24, 2.45) is 4.99 Å². The number of anilines is 1. The summed E-state index contributed by atoms with van der Waals surface area (Å²) in [6.07, 6.45) is 6.95. The largest absolute Gasteiger partial charge is 0.493 e. The van der Waals surface area contributed by atoms with Gasteiger partial charge in [0.1, 0.15) is 5.82 Å². The number of aliphatic imine (C=N–C) groups is 1. The van der Waals surface area contributed by atoms with Crippen LogP contribution in [0.5, 0.6) is 11.5 Å². The van der Waals surface area contributed by atoms with Crippen LogP contribution < -0.4 is 19.7 Å². The van der Waals surface area contributed by atoms with Crippen molar-refractivity contribution in [1.29, 1.82) is 0 Å². The number of halogens is 1. The lowest BCUT2D eigenvalue weighted by Crippen LogP contribution is -2.52. The lowest BCUT2D eigenvalue weighted by molar-refractivity contribution is 0.200. The highest BCUT2D eigenvalue weighted by Gasteiger charge is 2.21. The first-order chi connectivity index (χ1) is 15.3. The maximum Gasteiger partial charge on any atom is 0.194 e. The molecule has 1 aliphatic carbocycles. The van der Waals surface area contributed by atoms with Gasteiger partial charge >= 0.3 is 0 Å². The van der Waals surface area contributed by atoms with E-state index < -0.39 is 0 Å². The van der Waals surface area contributed by atoms with Gasteiger partial charge in [-0.25, -0.2) is 4.98 Å². The van der Waals surface area contributed by atoms with E-state index in [0.717, 1.165) is 67.9 Å². The molecule has 0 unspecified atom stereocenters. The zero-order valence-electron chi connectivity index (χ0n) is 19.0. The van der Waals surface area contributed by atoms with Gasteiger partial charge in [-0.3, -0.25) is 4.99 Å². The minimum absolute atomic E-state index is 0. The van der Waals surface area contributed by atoms with Crippen LogP contribution in [0, 0.1) is 0 Å². The first kappa shape index (κ1) is 24.4. The molecule has 2 aliphatic rings. The fourth-order valence-corrected chi connectivity index (χ4v) is 4.31. The molecule has 1 N–H and O–H groups in total. The van der Waals surface area contributed by atoms with Crippen LogP contribution in [0.25, 0.3) is 0 Å². The van der Waals surface area contributed by atoms with E-state index in [1.54, 1.807) is 7.11 Å². The Morgan fingerprint density at radius 1 is 1.09 bits per heavy atom. The van der Waals surface area contributed by atoms with E-state index >= 15 is 0 Å². The van der Waals surface area contributed by atoms with Crippen molar-refractivity contribution in [2.45, 2.75) is 38.3 Å². The van der Waals surface area contributed by atoms with E-state index in [1.807, 2.05) is 31.4 Å². The number of ether oxygens (including phenoxy) is 2. The summed E-state index contributed by atoms with van der Waals surface area (Å²) >= 11 is 0. The molecule has 2 fully saturated rings. The second-order valence-corrected chi connectivity index (χ2v) is 8.07. The molecule has 7 nitrogen and oxygen atoms in total. The summed E-state index contributed by atoms with van der Waals surface area (Å²) in [5.74, 6) is 3.60.